The van der Waals surface area contributed by atoms with Crippen LogP contribution in [0.4, 0.5) is 9.52 Å². The summed E-state index contributed by atoms with van der Waals surface area (Å²) in [6.07, 6.45) is 4.27. The Morgan fingerprint density at radius 3 is 3.00 bits per heavy atom. The third-order valence-electron chi connectivity index (χ3n) is 3.48. The van der Waals surface area contributed by atoms with Crippen LogP contribution in [0.1, 0.15) is 42.0 Å². The molecule has 1 aliphatic rings. The Balaban J connectivity index is 1.68. The van der Waals surface area contributed by atoms with Gasteiger partial charge >= 0.3 is 0 Å². The molecule has 1 aliphatic carbocycles. The second-order valence-corrected chi connectivity index (χ2v) is 6.17. The molecule has 0 saturated heterocycles. The van der Waals surface area contributed by atoms with Crippen molar-refractivity contribution < 1.29 is 9.18 Å². The molecule has 1 amide bonds. The number of halogens is 1. The lowest BCUT2D eigenvalue weighted by molar-refractivity contribution is -0.117. The average Bonchev–Trinajstić information content (AvgIpc) is 3.19. The van der Waals surface area contributed by atoms with Crippen LogP contribution in [0, 0.1) is 5.82 Å². The van der Waals surface area contributed by atoms with E-state index in [-0.39, 0.29) is 11.7 Å². The molecule has 1 atom stereocenters. The van der Waals surface area contributed by atoms with Crippen LogP contribution in [0.3, 0.4) is 0 Å². The van der Waals surface area contributed by atoms with Gasteiger partial charge in [0.05, 0.1) is 5.92 Å². The van der Waals surface area contributed by atoms with Crippen molar-refractivity contribution in [3.8, 4) is 0 Å². The minimum absolute atomic E-state index is 0.160. The predicted molar refractivity (Wildman–Crippen MR) is 77.5 cm³/mol. The van der Waals surface area contributed by atoms with Gasteiger partial charge in [0.25, 0.3) is 0 Å². The SMILES string of the molecule is CC(C(=O)Nc1ncc(C2CC2)s1)c1cccc(F)c1. The quantitative estimate of drug-likeness (QED) is 0.928. The number of amides is 1. The van der Waals surface area contributed by atoms with Crippen LogP contribution in [0.25, 0.3) is 0 Å². The van der Waals surface area contributed by atoms with Crippen molar-refractivity contribution >= 4 is 22.4 Å². The number of hydrogen-bond donors (Lipinski definition) is 1. The minimum Gasteiger partial charge on any atom is -0.301 e. The van der Waals surface area contributed by atoms with Crippen LogP contribution in [-0.4, -0.2) is 10.9 Å². The van der Waals surface area contributed by atoms with E-state index in [0.29, 0.717) is 16.6 Å². The maximum Gasteiger partial charge on any atom is 0.233 e. The third kappa shape index (κ3) is 2.88. The fourth-order valence-electron chi connectivity index (χ4n) is 2.04. The van der Waals surface area contributed by atoms with E-state index in [1.807, 2.05) is 6.20 Å². The van der Waals surface area contributed by atoms with E-state index < -0.39 is 5.92 Å². The second-order valence-electron chi connectivity index (χ2n) is 5.11. The van der Waals surface area contributed by atoms with Gasteiger partial charge in [-0.05, 0) is 43.4 Å². The lowest BCUT2D eigenvalue weighted by Crippen LogP contribution is -2.18. The van der Waals surface area contributed by atoms with Crippen molar-refractivity contribution in [3.63, 3.8) is 0 Å². The molecule has 3 nitrogen and oxygen atoms in total. The molecule has 2 aromatic rings. The van der Waals surface area contributed by atoms with Crippen molar-refractivity contribution in [3.05, 3.63) is 46.7 Å². The number of carbonyl (C=O) groups excluding carboxylic acids is 1. The molecule has 1 aromatic carbocycles. The summed E-state index contributed by atoms with van der Waals surface area (Å²) in [5.74, 6) is -0.252. The molecular weight excluding hydrogens is 275 g/mol. The first kappa shape index (κ1) is 13.2. The van der Waals surface area contributed by atoms with Crippen molar-refractivity contribution in [2.24, 2.45) is 0 Å². The summed E-state index contributed by atoms with van der Waals surface area (Å²) in [4.78, 5) is 17.6. The molecular formula is C15H15FN2OS. The van der Waals surface area contributed by atoms with Crippen LogP contribution in [-0.2, 0) is 4.79 Å². The molecule has 0 radical (unpaired) electrons. The number of thiazole rings is 1. The van der Waals surface area contributed by atoms with Crippen LogP contribution in [0.2, 0.25) is 0 Å². The zero-order chi connectivity index (χ0) is 14.1. The van der Waals surface area contributed by atoms with Crippen molar-refractivity contribution in [1.82, 2.24) is 4.98 Å². The maximum absolute atomic E-state index is 13.2. The van der Waals surface area contributed by atoms with Gasteiger partial charge in [-0.2, -0.15) is 0 Å². The fraction of sp³-hybridized carbons (Fsp3) is 0.333. The first-order valence-corrected chi connectivity index (χ1v) is 7.47. The predicted octanol–water partition coefficient (Wildman–Crippen LogP) is 3.90. The summed E-state index contributed by atoms with van der Waals surface area (Å²) in [5.41, 5.74) is 0.668. The van der Waals surface area contributed by atoms with Gasteiger partial charge in [0.15, 0.2) is 5.13 Å². The number of nitrogens with zero attached hydrogens (tertiary/aromatic N) is 1. The van der Waals surface area contributed by atoms with Gasteiger partial charge in [0, 0.05) is 11.1 Å². The number of benzene rings is 1. The number of anilines is 1. The molecule has 0 aliphatic heterocycles. The van der Waals surface area contributed by atoms with Gasteiger partial charge in [-0.1, -0.05) is 12.1 Å². The normalized spacial score (nSPS) is 15.9. The maximum atomic E-state index is 13.2. The summed E-state index contributed by atoms with van der Waals surface area (Å²) in [6, 6.07) is 6.13. The Morgan fingerprint density at radius 1 is 1.50 bits per heavy atom. The number of nitrogens with one attached hydrogen (secondary N) is 1. The second kappa shape index (κ2) is 5.32. The highest BCUT2D eigenvalue weighted by Gasteiger charge is 2.26. The minimum atomic E-state index is -0.404. The first-order chi connectivity index (χ1) is 9.63. The van der Waals surface area contributed by atoms with E-state index in [0.717, 1.165) is 0 Å². The van der Waals surface area contributed by atoms with Gasteiger partial charge in [-0.25, -0.2) is 9.37 Å². The molecule has 1 N–H and O–H groups in total. The molecule has 1 heterocycles. The van der Waals surface area contributed by atoms with Crippen LogP contribution < -0.4 is 5.32 Å². The van der Waals surface area contributed by atoms with Crippen LogP contribution in [0.15, 0.2) is 30.5 Å². The Hall–Kier alpha value is -1.75. The highest BCUT2D eigenvalue weighted by molar-refractivity contribution is 7.15. The summed E-state index contributed by atoms with van der Waals surface area (Å²) >= 11 is 1.53. The lowest BCUT2D eigenvalue weighted by atomic mass is 10.0. The Kier molecular flexibility index (Phi) is 3.53. The van der Waals surface area contributed by atoms with E-state index in [1.165, 1.54) is 41.2 Å². The molecule has 1 saturated carbocycles. The van der Waals surface area contributed by atoms with E-state index in [9.17, 15) is 9.18 Å². The zero-order valence-electron chi connectivity index (χ0n) is 11.1. The topological polar surface area (TPSA) is 42.0 Å². The molecule has 0 spiro atoms. The van der Waals surface area contributed by atoms with E-state index in [1.54, 1.807) is 19.1 Å². The van der Waals surface area contributed by atoms with Gasteiger partial charge in [0.1, 0.15) is 5.82 Å². The van der Waals surface area contributed by atoms with Crippen LogP contribution in [0.5, 0.6) is 0 Å². The molecule has 104 valence electrons. The molecule has 1 unspecified atom stereocenters. The van der Waals surface area contributed by atoms with Crippen molar-refractivity contribution in [2.75, 3.05) is 5.32 Å². The number of rotatable bonds is 4. The monoisotopic (exact) mass is 290 g/mol. The highest BCUT2D eigenvalue weighted by atomic mass is 32.1. The van der Waals surface area contributed by atoms with Crippen molar-refractivity contribution in [1.29, 1.82) is 0 Å². The fourth-order valence-corrected chi connectivity index (χ4v) is 3.03. The van der Waals surface area contributed by atoms with E-state index in [2.05, 4.69) is 10.3 Å². The average molecular weight is 290 g/mol. The zero-order valence-corrected chi connectivity index (χ0v) is 11.9. The molecule has 5 heteroatoms. The Morgan fingerprint density at radius 2 is 2.30 bits per heavy atom. The highest BCUT2D eigenvalue weighted by Crippen LogP contribution is 2.43. The summed E-state index contributed by atoms with van der Waals surface area (Å²) in [7, 11) is 0. The van der Waals surface area contributed by atoms with Gasteiger partial charge < -0.3 is 5.32 Å². The third-order valence-corrected chi connectivity index (χ3v) is 4.55. The Labute approximate surface area is 120 Å². The van der Waals surface area contributed by atoms with E-state index in [4.69, 9.17) is 0 Å². The summed E-state index contributed by atoms with van der Waals surface area (Å²) in [6.45, 7) is 1.76. The first-order valence-electron chi connectivity index (χ1n) is 6.65. The largest absolute Gasteiger partial charge is 0.301 e. The van der Waals surface area contributed by atoms with Crippen molar-refractivity contribution in [2.45, 2.75) is 31.6 Å². The molecule has 3 rings (SSSR count). The molecule has 1 aromatic heterocycles. The summed E-state index contributed by atoms with van der Waals surface area (Å²) in [5, 5.41) is 3.43. The van der Waals surface area contributed by atoms with E-state index >= 15 is 0 Å². The lowest BCUT2D eigenvalue weighted by Gasteiger charge is -2.10. The molecule has 20 heavy (non-hydrogen) atoms. The Bertz CT molecular complexity index is 636. The number of hydrogen-bond acceptors (Lipinski definition) is 3. The number of carbonyl (C=O) groups is 1. The smallest absolute Gasteiger partial charge is 0.233 e. The number of aromatic nitrogens is 1. The molecule has 1 fully saturated rings. The van der Waals surface area contributed by atoms with Gasteiger partial charge in [0.2, 0.25) is 5.91 Å². The van der Waals surface area contributed by atoms with Crippen LogP contribution >= 0.6 is 11.3 Å². The standard InChI is InChI=1S/C15H15FN2OS/c1-9(11-3-2-4-12(16)7-11)14(19)18-15-17-8-13(20-15)10-5-6-10/h2-4,7-10H,5-6H2,1H3,(H,17,18,19). The summed E-state index contributed by atoms with van der Waals surface area (Å²) < 4.78 is 13.2. The van der Waals surface area contributed by atoms with Gasteiger partial charge in [-0.15, -0.1) is 11.3 Å². The molecule has 0 bridgehead atoms. The van der Waals surface area contributed by atoms with Gasteiger partial charge in [-0.3, -0.25) is 4.79 Å².